The van der Waals surface area contributed by atoms with Crippen LogP contribution in [0.5, 0.6) is 0 Å². The molecule has 0 aliphatic carbocycles. The number of nitrogens with zero attached hydrogens (tertiary/aromatic N) is 1. The van der Waals surface area contributed by atoms with Crippen molar-refractivity contribution in [1.29, 1.82) is 5.26 Å². The lowest BCUT2D eigenvalue weighted by molar-refractivity contribution is 0.0288. The number of hydrogen-bond donors (Lipinski definition) is 2. The minimum Gasteiger partial charge on any atom is -0.387 e. The highest BCUT2D eigenvalue weighted by molar-refractivity contribution is 5.00. The van der Waals surface area contributed by atoms with Crippen molar-refractivity contribution < 1.29 is 5.11 Å². The summed E-state index contributed by atoms with van der Waals surface area (Å²) >= 11 is 0. The molecule has 2 N–H and O–H groups in total. The van der Waals surface area contributed by atoms with Gasteiger partial charge in [-0.2, -0.15) is 5.26 Å². The van der Waals surface area contributed by atoms with Crippen molar-refractivity contribution in [2.75, 3.05) is 13.1 Å². The molecule has 10 heavy (non-hydrogen) atoms. The molecule has 1 aliphatic heterocycles. The van der Waals surface area contributed by atoms with Crippen LogP contribution in [0.2, 0.25) is 0 Å². The largest absolute Gasteiger partial charge is 0.387 e. The van der Waals surface area contributed by atoms with Gasteiger partial charge in [-0.05, 0) is 19.9 Å². The van der Waals surface area contributed by atoms with Crippen LogP contribution >= 0.6 is 0 Å². The molecule has 1 rings (SSSR count). The number of aliphatic hydroxyl groups is 1. The van der Waals surface area contributed by atoms with E-state index in [9.17, 15) is 5.11 Å². The maximum atomic E-state index is 9.67. The van der Waals surface area contributed by atoms with Crippen molar-refractivity contribution in [2.24, 2.45) is 5.92 Å². The number of nitriles is 1. The topological polar surface area (TPSA) is 56.0 Å². The summed E-state index contributed by atoms with van der Waals surface area (Å²) in [6.07, 6.45) is 0.696. The number of nitrogens with one attached hydrogen (secondary N) is 1. The fourth-order valence-corrected chi connectivity index (χ4v) is 1.19. The molecule has 3 nitrogen and oxygen atoms in total. The predicted molar refractivity (Wildman–Crippen MR) is 37.2 cm³/mol. The van der Waals surface area contributed by atoms with Crippen molar-refractivity contribution in [1.82, 2.24) is 5.32 Å². The zero-order valence-corrected chi connectivity index (χ0v) is 6.09. The minimum absolute atomic E-state index is 0.262. The summed E-state index contributed by atoms with van der Waals surface area (Å²) in [5.74, 6) is -0.262. The van der Waals surface area contributed by atoms with Gasteiger partial charge in [-0.1, -0.05) is 0 Å². The van der Waals surface area contributed by atoms with E-state index < -0.39 is 5.60 Å². The first kappa shape index (κ1) is 7.52. The summed E-state index contributed by atoms with van der Waals surface area (Å²) in [5.41, 5.74) is -0.769. The molecule has 0 radical (unpaired) electrons. The predicted octanol–water partition coefficient (Wildman–Crippen LogP) is -0.130. The van der Waals surface area contributed by atoms with E-state index >= 15 is 0 Å². The highest BCUT2D eigenvalue weighted by atomic mass is 16.3. The van der Waals surface area contributed by atoms with E-state index in [-0.39, 0.29) is 5.92 Å². The van der Waals surface area contributed by atoms with Gasteiger partial charge < -0.3 is 10.4 Å². The van der Waals surface area contributed by atoms with Crippen LogP contribution in [0.1, 0.15) is 13.3 Å². The van der Waals surface area contributed by atoms with E-state index in [1.807, 2.05) is 0 Å². The number of hydrogen-bond acceptors (Lipinski definition) is 3. The molecule has 1 aliphatic rings. The van der Waals surface area contributed by atoms with Crippen LogP contribution in [-0.2, 0) is 0 Å². The molecule has 0 saturated carbocycles. The highest BCUT2D eigenvalue weighted by Gasteiger charge is 2.36. The van der Waals surface area contributed by atoms with E-state index in [1.54, 1.807) is 6.92 Å². The summed E-state index contributed by atoms with van der Waals surface area (Å²) < 4.78 is 0. The fourth-order valence-electron chi connectivity index (χ4n) is 1.19. The zero-order valence-electron chi connectivity index (χ0n) is 6.09. The summed E-state index contributed by atoms with van der Waals surface area (Å²) in [6, 6.07) is 2.06. The Hall–Kier alpha value is -0.590. The lowest BCUT2D eigenvalue weighted by atomic mass is 9.89. The molecule has 0 aromatic heterocycles. The quantitative estimate of drug-likeness (QED) is 0.533. The van der Waals surface area contributed by atoms with Crippen molar-refractivity contribution >= 4 is 0 Å². The lowest BCUT2D eigenvalue weighted by Crippen LogP contribution is -2.37. The van der Waals surface area contributed by atoms with Crippen LogP contribution in [0.15, 0.2) is 0 Å². The van der Waals surface area contributed by atoms with E-state index in [2.05, 4.69) is 11.4 Å². The molecule has 0 spiro atoms. The summed E-state index contributed by atoms with van der Waals surface area (Å²) in [7, 11) is 0. The van der Waals surface area contributed by atoms with Crippen LogP contribution in [0.3, 0.4) is 0 Å². The number of β-amino-alcohol motifs (C(OH)–C–C–N with tert-alkyl or cyclic N) is 1. The third kappa shape index (κ3) is 1.13. The maximum absolute atomic E-state index is 9.67. The Balaban J connectivity index is 2.60. The van der Waals surface area contributed by atoms with Gasteiger partial charge in [-0.15, -0.1) is 0 Å². The van der Waals surface area contributed by atoms with Crippen molar-refractivity contribution in [3.05, 3.63) is 0 Å². The monoisotopic (exact) mass is 140 g/mol. The van der Waals surface area contributed by atoms with E-state index in [0.717, 1.165) is 6.54 Å². The summed E-state index contributed by atoms with van der Waals surface area (Å²) in [4.78, 5) is 0. The molecule has 1 heterocycles. The van der Waals surface area contributed by atoms with Crippen LogP contribution in [-0.4, -0.2) is 23.8 Å². The van der Waals surface area contributed by atoms with Gasteiger partial charge in [-0.25, -0.2) is 0 Å². The van der Waals surface area contributed by atoms with E-state index in [4.69, 9.17) is 5.26 Å². The molecule has 2 atom stereocenters. The second kappa shape index (κ2) is 2.57. The molecular formula is C7H12N2O. The fraction of sp³-hybridized carbons (Fsp3) is 0.857. The maximum Gasteiger partial charge on any atom is 0.0938 e. The smallest absolute Gasteiger partial charge is 0.0938 e. The Bertz CT molecular complexity index is 155. The Kier molecular flexibility index (Phi) is 1.93. The van der Waals surface area contributed by atoms with Crippen LogP contribution < -0.4 is 5.32 Å². The van der Waals surface area contributed by atoms with E-state index in [1.165, 1.54) is 0 Å². The Labute approximate surface area is 60.7 Å². The second-order valence-corrected chi connectivity index (χ2v) is 2.88. The number of rotatable bonds is 1. The van der Waals surface area contributed by atoms with Gasteiger partial charge in [0.25, 0.3) is 0 Å². The lowest BCUT2D eigenvalue weighted by Gasteiger charge is -2.23. The molecule has 1 fully saturated rings. The van der Waals surface area contributed by atoms with Gasteiger partial charge >= 0.3 is 0 Å². The van der Waals surface area contributed by atoms with Gasteiger partial charge in [0.05, 0.1) is 17.6 Å². The van der Waals surface area contributed by atoms with Gasteiger partial charge in [0.2, 0.25) is 0 Å². The van der Waals surface area contributed by atoms with Crippen LogP contribution in [0, 0.1) is 17.2 Å². The standard InChI is InChI=1S/C7H12N2O/c1-6(4-8)7(10)2-3-9-5-7/h6,9-10H,2-3,5H2,1H3. The highest BCUT2D eigenvalue weighted by Crippen LogP contribution is 2.23. The Morgan fingerprint density at radius 3 is 2.90 bits per heavy atom. The SMILES string of the molecule is CC(C#N)C1(O)CCNC1. The van der Waals surface area contributed by atoms with E-state index in [0.29, 0.717) is 13.0 Å². The van der Waals surface area contributed by atoms with Crippen molar-refractivity contribution in [3.8, 4) is 6.07 Å². The molecule has 3 heteroatoms. The first-order valence-corrected chi connectivity index (χ1v) is 3.52. The molecule has 56 valence electrons. The van der Waals surface area contributed by atoms with Crippen LogP contribution in [0.4, 0.5) is 0 Å². The normalized spacial score (nSPS) is 35.3. The third-order valence-electron chi connectivity index (χ3n) is 2.17. The average Bonchev–Trinajstić information content (AvgIpc) is 2.36. The summed E-state index contributed by atoms with van der Waals surface area (Å²) in [6.45, 7) is 3.14. The van der Waals surface area contributed by atoms with Crippen LogP contribution in [0.25, 0.3) is 0 Å². The Morgan fingerprint density at radius 2 is 2.50 bits per heavy atom. The molecule has 0 bridgehead atoms. The first-order chi connectivity index (χ1) is 4.69. The average molecular weight is 140 g/mol. The van der Waals surface area contributed by atoms with Gasteiger partial charge in [-0.3, -0.25) is 0 Å². The summed E-state index contributed by atoms with van der Waals surface area (Å²) in [5, 5.41) is 21.2. The van der Waals surface area contributed by atoms with Crippen molar-refractivity contribution in [2.45, 2.75) is 18.9 Å². The molecule has 0 aromatic carbocycles. The van der Waals surface area contributed by atoms with Crippen molar-refractivity contribution in [3.63, 3.8) is 0 Å². The molecule has 0 amide bonds. The van der Waals surface area contributed by atoms with Gasteiger partial charge in [0, 0.05) is 6.54 Å². The Morgan fingerprint density at radius 1 is 1.80 bits per heavy atom. The molecule has 0 aromatic rings. The van der Waals surface area contributed by atoms with Gasteiger partial charge in [0.15, 0.2) is 0 Å². The molecular weight excluding hydrogens is 128 g/mol. The second-order valence-electron chi connectivity index (χ2n) is 2.88. The first-order valence-electron chi connectivity index (χ1n) is 3.52. The third-order valence-corrected chi connectivity index (χ3v) is 2.17. The molecule has 1 saturated heterocycles. The molecule has 2 unspecified atom stereocenters. The van der Waals surface area contributed by atoms with Gasteiger partial charge in [0.1, 0.15) is 0 Å². The zero-order chi connectivity index (χ0) is 7.61. The minimum atomic E-state index is -0.769.